The van der Waals surface area contributed by atoms with E-state index in [0.29, 0.717) is 6.54 Å². The van der Waals surface area contributed by atoms with Crippen molar-refractivity contribution in [2.75, 3.05) is 7.05 Å². The molecule has 0 aliphatic heterocycles. The minimum Gasteiger partial charge on any atom is -0.340 e. The summed E-state index contributed by atoms with van der Waals surface area (Å²) in [6.45, 7) is 1.58. The fourth-order valence-corrected chi connectivity index (χ4v) is 2.25. The third kappa shape index (κ3) is 2.48. The highest BCUT2D eigenvalue weighted by atomic mass is 15.0. The molecule has 19 heavy (non-hydrogen) atoms. The molecule has 4 nitrogen and oxygen atoms in total. The van der Waals surface area contributed by atoms with Crippen molar-refractivity contribution in [1.29, 1.82) is 0 Å². The summed E-state index contributed by atoms with van der Waals surface area (Å²) in [5.41, 5.74) is 2.50. The third-order valence-electron chi connectivity index (χ3n) is 3.15. The SMILES string of the molecule is CNCc1ccc2ccn(Cc3ncccn3)c2c1. The molecular formula is C15H16N4. The maximum Gasteiger partial charge on any atom is 0.147 e. The van der Waals surface area contributed by atoms with Gasteiger partial charge >= 0.3 is 0 Å². The van der Waals surface area contributed by atoms with Gasteiger partial charge in [-0.05, 0) is 36.2 Å². The van der Waals surface area contributed by atoms with Gasteiger partial charge in [-0.2, -0.15) is 0 Å². The van der Waals surface area contributed by atoms with E-state index in [1.54, 1.807) is 12.4 Å². The molecular weight excluding hydrogens is 236 g/mol. The van der Waals surface area contributed by atoms with Gasteiger partial charge in [0.1, 0.15) is 5.82 Å². The number of benzene rings is 1. The van der Waals surface area contributed by atoms with Crippen LogP contribution < -0.4 is 5.32 Å². The van der Waals surface area contributed by atoms with Crippen LogP contribution in [0.5, 0.6) is 0 Å². The Morgan fingerprint density at radius 3 is 2.79 bits per heavy atom. The van der Waals surface area contributed by atoms with E-state index in [0.717, 1.165) is 12.4 Å². The molecule has 1 N–H and O–H groups in total. The fourth-order valence-electron chi connectivity index (χ4n) is 2.25. The Hall–Kier alpha value is -2.20. The van der Waals surface area contributed by atoms with E-state index in [1.165, 1.54) is 16.5 Å². The molecule has 96 valence electrons. The first kappa shape index (κ1) is 11.9. The molecule has 0 fully saturated rings. The Morgan fingerprint density at radius 2 is 2.00 bits per heavy atom. The fraction of sp³-hybridized carbons (Fsp3) is 0.200. The molecule has 0 amide bonds. The van der Waals surface area contributed by atoms with Crippen LogP contribution in [0.15, 0.2) is 48.9 Å². The Kier molecular flexibility index (Phi) is 3.25. The monoisotopic (exact) mass is 252 g/mol. The maximum atomic E-state index is 4.27. The van der Waals surface area contributed by atoms with Crippen LogP contribution in [0.3, 0.4) is 0 Å². The van der Waals surface area contributed by atoms with Gasteiger partial charge in [0.15, 0.2) is 0 Å². The molecule has 0 spiro atoms. The molecule has 2 heterocycles. The van der Waals surface area contributed by atoms with Crippen LogP contribution in [0.2, 0.25) is 0 Å². The lowest BCUT2D eigenvalue weighted by atomic mass is 10.1. The van der Waals surface area contributed by atoms with E-state index in [-0.39, 0.29) is 0 Å². The van der Waals surface area contributed by atoms with Gasteiger partial charge in [0.2, 0.25) is 0 Å². The second-order valence-electron chi connectivity index (χ2n) is 4.53. The molecule has 2 aromatic heterocycles. The zero-order valence-corrected chi connectivity index (χ0v) is 10.9. The number of rotatable bonds is 4. The highest BCUT2D eigenvalue weighted by Gasteiger charge is 2.04. The Bertz CT molecular complexity index is 673. The molecule has 0 saturated heterocycles. The Labute approximate surface area is 112 Å². The van der Waals surface area contributed by atoms with Crippen LogP contribution in [0, 0.1) is 0 Å². The van der Waals surface area contributed by atoms with Crippen molar-refractivity contribution < 1.29 is 0 Å². The molecule has 0 aliphatic carbocycles. The van der Waals surface area contributed by atoms with Crippen LogP contribution in [-0.2, 0) is 13.1 Å². The molecule has 4 heteroatoms. The minimum atomic E-state index is 0.702. The van der Waals surface area contributed by atoms with Crippen molar-refractivity contribution >= 4 is 10.9 Å². The number of nitrogens with one attached hydrogen (secondary N) is 1. The number of fused-ring (bicyclic) bond motifs is 1. The minimum absolute atomic E-state index is 0.702. The first-order chi connectivity index (χ1) is 9.36. The second kappa shape index (κ2) is 5.20. The van der Waals surface area contributed by atoms with Gasteiger partial charge in [-0.1, -0.05) is 12.1 Å². The van der Waals surface area contributed by atoms with Crippen molar-refractivity contribution in [2.24, 2.45) is 0 Å². The van der Waals surface area contributed by atoms with E-state index in [4.69, 9.17) is 0 Å². The summed E-state index contributed by atoms with van der Waals surface area (Å²) < 4.78 is 2.18. The van der Waals surface area contributed by atoms with Gasteiger partial charge in [0.25, 0.3) is 0 Å². The average Bonchev–Trinajstić information content (AvgIpc) is 2.83. The van der Waals surface area contributed by atoms with Crippen LogP contribution in [0.4, 0.5) is 0 Å². The summed E-state index contributed by atoms with van der Waals surface area (Å²) in [6, 6.07) is 10.5. The molecule has 0 unspecified atom stereocenters. The van der Waals surface area contributed by atoms with Gasteiger partial charge in [0.05, 0.1) is 6.54 Å². The smallest absolute Gasteiger partial charge is 0.147 e. The van der Waals surface area contributed by atoms with Gasteiger partial charge in [-0.25, -0.2) is 9.97 Å². The lowest BCUT2D eigenvalue weighted by Gasteiger charge is -2.06. The molecule has 0 aliphatic rings. The summed E-state index contributed by atoms with van der Waals surface area (Å²) in [6.07, 6.45) is 5.64. The molecule has 1 aromatic carbocycles. The highest BCUT2D eigenvalue weighted by molar-refractivity contribution is 5.80. The lowest BCUT2D eigenvalue weighted by Crippen LogP contribution is -2.06. The van der Waals surface area contributed by atoms with E-state index in [9.17, 15) is 0 Å². The first-order valence-electron chi connectivity index (χ1n) is 6.35. The normalized spacial score (nSPS) is 11.0. The largest absolute Gasteiger partial charge is 0.340 e. The Morgan fingerprint density at radius 1 is 1.16 bits per heavy atom. The lowest BCUT2D eigenvalue weighted by molar-refractivity contribution is 0.769. The molecule has 0 saturated carbocycles. The van der Waals surface area contributed by atoms with Gasteiger partial charge in [0, 0.05) is 30.7 Å². The van der Waals surface area contributed by atoms with Crippen molar-refractivity contribution in [1.82, 2.24) is 19.9 Å². The van der Waals surface area contributed by atoms with E-state index < -0.39 is 0 Å². The quantitative estimate of drug-likeness (QED) is 0.774. The van der Waals surface area contributed by atoms with Crippen molar-refractivity contribution in [3.63, 3.8) is 0 Å². The maximum absolute atomic E-state index is 4.27. The van der Waals surface area contributed by atoms with E-state index >= 15 is 0 Å². The predicted molar refractivity (Wildman–Crippen MR) is 75.8 cm³/mol. The van der Waals surface area contributed by atoms with Gasteiger partial charge in [-0.3, -0.25) is 0 Å². The topological polar surface area (TPSA) is 42.7 Å². The highest BCUT2D eigenvalue weighted by Crippen LogP contribution is 2.18. The standard InChI is InChI=1S/C15H16N4/c1-16-10-12-3-4-13-5-8-19(14(13)9-12)11-15-17-6-2-7-18-15/h2-9,16H,10-11H2,1H3. The van der Waals surface area contributed by atoms with Crippen molar-refractivity contribution in [3.8, 4) is 0 Å². The van der Waals surface area contributed by atoms with Crippen molar-refractivity contribution in [2.45, 2.75) is 13.1 Å². The molecule has 3 aromatic rings. The van der Waals surface area contributed by atoms with E-state index in [1.807, 2.05) is 13.1 Å². The number of hydrogen-bond donors (Lipinski definition) is 1. The van der Waals surface area contributed by atoms with Crippen LogP contribution in [-0.4, -0.2) is 21.6 Å². The van der Waals surface area contributed by atoms with Crippen LogP contribution in [0.1, 0.15) is 11.4 Å². The molecule has 0 radical (unpaired) electrons. The second-order valence-corrected chi connectivity index (χ2v) is 4.53. The molecule has 0 bridgehead atoms. The first-order valence-corrected chi connectivity index (χ1v) is 6.35. The van der Waals surface area contributed by atoms with Gasteiger partial charge < -0.3 is 9.88 Å². The van der Waals surface area contributed by atoms with Gasteiger partial charge in [-0.15, -0.1) is 0 Å². The summed E-state index contributed by atoms with van der Waals surface area (Å²) in [7, 11) is 1.96. The number of aromatic nitrogens is 3. The summed E-state index contributed by atoms with van der Waals surface area (Å²) >= 11 is 0. The summed E-state index contributed by atoms with van der Waals surface area (Å²) in [4.78, 5) is 8.55. The molecule has 3 rings (SSSR count). The van der Waals surface area contributed by atoms with Crippen LogP contribution >= 0.6 is 0 Å². The number of hydrogen-bond acceptors (Lipinski definition) is 3. The predicted octanol–water partition coefficient (Wildman–Crippen LogP) is 2.20. The average molecular weight is 252 g/mol. The zero-order chi connectivity index (χ0) is 13.1. The number of nitrogens with zero attached hydrogens (tertiary/aromatic N) is 3. The zero-order valence-electron chi connectivity index (χ0n) is 10.9. The van der Waals surface area contributed by atoms with Crippen molar-refractivity contribution in [3.05, 3.63) is 60.3 Å². The Balaban J connectivity index is 1.97. The van der Waals surface area contributed by atoms with E-state index in [2.05, 4.69) is 50.3 Å². The summed E-state index contributed by atoms with van der Waals surface area (Å²) in [5.74, 6) is 0.832. The summed E-state index contributed by atoms with van der Waals surface area (Å²) in [5, 5.41) is 4.42. The van der Waals surface area contributed by atoms with Crippen LogP contribution in [0.25, 0.3) is 10.9 Å². The molecule has 0 atom stereocenters. The third-order valence-corrected chi connectivity index (χ3v) is 3.15.